The Balaban J connectivity index is 1.78. The molecule has 0 saturated carbocycles. The number of aliphatic hydroxyl groups is 1. The fraction of sp³-hybridized carbons (Fsp3) is 0.517. The van der Waals surface area contributed by atoms with Gasteiger partial charge in [-0.1, -0.05) is 31.2 Å². The van der Waals surface area contributed by atoms with Crippen molar-refractivity contribution in [3.63, 3.8) is 0 Å². The molecule has 2 amide bonds. The van der Waals surface area contributed by atoms with E-state index in [1.165, 1.54) is 17.7 Å². The predicted octanol–water partition coefficient (Wildman–Crippen LogP) is 3.37. The fourth-order valence-corrected chi connectivity index (χ4v) is 4.93. The van der Waals surface area contributed by atoms with Gasteiger partial charge in [0.1, 0.15) is 17.6 Å². The van der Waals surface area contributed by atoms with Crippen molar-refractivity contribution < 1.29 is 23.8 Å². The lowest BCUT2D eigenvalue weighted by Gasteiger charge is -2.27. The third-order valence-corrected chi connectivity index (χ3v) is 7.23. The van der Waals surface area contributed by atoms with E-state index in [2.05, 4.69) is 35.0 Å². The number of carbonyl (C=O) groups is 2. The highest BCUT2D eigenvalue weighted by Crippen LogP contribution is 2.20. The number of rotatable bonds is 9. The van der Waals surface area contributed by atoms with Crippen molar-refractivity contribution in [1.82, 2.24) is 16.0 Å². The van der Waals surface area contributed by atoms with E-state index in [1.807, 2.05) is 18.4 Å². The van der Waals surface area contributed by atoms with Gasteiger partial charge >= 0.3 is 0 Å². The second kappa shape index (κ2) is 15.7. The third-order valence-electron chi connectivity index (χ3n) is 6.59. The summed E-state index contributed by atoms with van der Waals surface area (Å²) in [5.41, 5.74) is 2.95. The number of halogens is 1. The number of carbonyl (C=O) groups excluding carboxylic acids is 2. The van der Waals surface area contributed by atoms with Crippen molar-refractivity contribution in [3.05, 3.63) is 65.0 Å². The number of nitrogens with one attached hydrogen (secondary N) is 3. The number of fused-ring (bicyclic) bond motifs is 2. The topological polar surface area (TPSA) is 99.7 Å². The Hall–Kier alpha value is -2.62. The Labute approximate surface area is 229 Å². The van der Waals surface area contributed by atoms with Crippen LogP contribution in [0.4, 0.5) is 4.39 Å². The molecule has 1 aliphatic heterocycles. The van der Waals surface area contributed by atoms with Crippen LogP contribution in [-0.4, -0.2) is 60.3 Å². The summed E-state index contributed by atoms with van der Waals surface area (Å²) in [6.07, 6.45) is 4.12. The van der Waals surface area contributed by atoms with Crippen LogP contribution >= 0.6 is 11.8 Å². The first-order chi connectivity index (χ1) is 18.4. The van der Waals surface area contributed by atoms with Crippen LogP contribution in [0, 0.1) is 5.82 Å². The molecule has 9 heteroatoms. The van der Waals surface area contributed by atoms with E-state index in [-0.39, 0.29) is 31.2 Å². The van der Waals surface area contributed by atoms with Gasteiger partial charge < -0.3 is 25.8 Å². The number of thioether (sulfide) groups is 1. The molecular formula is C29H40FN3O4S. The largest absolute Gasteiger partial charge is 0.493 e. The van der Waals surface area contributed by atoms with E-state index in [4.69, 9.17) is 4.74 Å². The molecule has 7 nitrogen and oxygen atoms in total. The lowest BCUT2D eigenvalue weighted by Crippen LogP contribution is -2.55. The highest BCUT2D eigenvalue weighted by atomic mass is 32.2. The minimum absolute atomic E-state index is 0.194. The maximum absolute atomic E-state index is 14.4. The third kappa shape index (κ3) is 9.93. The molecule has 2 aromatic carbocycles. The maximum Gasteiger partial charge on any atom is 0.242 e. The molecule has 1 heterocycles. The van der Waals surface area contributed by atoms with Crippen LogP contribution in [-0.2, 0) is 29.0 Å². The summed E-state index contributed by atoms with van der Waals surface area (Å²) in [5.74, 6) is 0.108. The number of aryl methyl sites for hydroxylation is 1. The van der Waals surface area contributed by atoms with Crippen LogP contribution in [0.5, 0.6) is 5.75 Å². The molecule has 0 radical (unpaired) electrons. The first kappa shape index (κ1) is 29.9. The van der Waals surface area contributed by atoms with E-state index in [0.717, 1.165) is 12.0 Å². The first-order valence-corrected chi connectivity index (χ1v) is 14.7. The molecule has 0 spiro atoms. The lowest BCUT2D eigenvalue weighted by molar-refractivity contribution is -0.130. The van der Waals surface area contributed by atoms with Gasteiger partial charge in [0.05, 0.1) is 18.8 Å². The zero-order valence-electron chi connectivity index (χ0n) is 22.3. The van der Waals surface area contributed by atoms with Crippen molar-refractivity contribution in [2.24, 2.45) is 0 Å². The molecule has 38 heavy (non-hydrogen) atoms. The summed E-state index contributed by atoms with van der Waals surface area (Å²) >= 11 is 1.59. The summed E-state index contributed by atoms with van der Waals surface area (Å²) < 4.78 is 20.1. The molecular weight excluding hydrogens is 505 g/mol. The van der Waals surface area contributed by atoms with E-state index in [9.17, 15) is 19.1 Å². The van der Waals surface area contributed by atoms with Crippen molar-refractivity contribution in [1.29, 1.82) is 0 Å². The van der Waals surface area contributed by atoms with Crippen molar-refractivity contribution in [2.75, 3.05) is 25.2 Å². The molecule has 3 rings (SSSR count). The van der Waals surface area contributed by atoms with Gasteiger partial charge in [-0.05, 0) is 72.9 Å². The number of hydrogen-bond donors (Lipinski definition) is 4. The Morgan fingerprint density at radius 3 is 2.76 bits per heavy atom. The Morgan fingerprint density at radius 2 is 1.97 bits per heavy atom. The molecule has 2 aromatic rings. The van der Waals surface area contributed by atoms with Gasteiger partial charge in [0, 0.05) is 25.6 Å². The van der Waals surface area contributed by atoms with Crippen molar-refractivity contribution >= 4 is 23.6 Å². The highest BCUT2D eigenvalue weighted by molar-refractivity contribution is 7.98. The Bertz CT molecular complexity index is 1050. The summed E-state index contributed by atoms with van der Waals surface area (Å²) in [7, 11) is 0. The van der Waals surface area contributed by atoms with Crippen LogP contribution in [0.2, 0.25) is 0 Å². The van der Waals surface area contributed by atoms with Gasteiger partial charge in [-0.25, -0.2) is 4.39 Å². The van der Waals surface area contributed by atoms with Gasteiger partial charge in [0.15, 0.2) is 0 Å². The predicted molar refractivity (Wildman–Crippen MR) is 150 cm³/mol. The molecule has 1 aliphatic rings. The lowest BCUT2D eigenvalue weighted by atomic mass is 9.99. The first-order valence-electron chi connectivity index (χ1n) is 13.4. The molecule has 0 fully saturated rings. The number of hydrogen-bond acceptors (Lipinski definition) is 6. The van der Waals surface area contributed by atoms with Crippen LogP contribution in [0.3, 0.4) is 0 Å². The van der Waals surface area contributed by atoms with Crippen LogP contribution in [0.25, 0.3) is 0 Å². The maximum atomic E-state index is 14.4. The van der Waals surface area contributed by atoms with Crippen LogP contribution < -0.4 is 20.7 Å². The van der Waals surface area contributed by atoms with Gasteiger partial charge in [-0.3, -0.25) is 9.59 Å². The normalized spacial score (nSPS) is 19.9. The van der Waals surface area contributed by atoms with Crippen molar-refractivity contribution in [3.8, 4) is 5.75 Å². The van der Waals surface area contributed by atoms with Crippen LogP contribution in [0.1, 0.15) is 49.3 Å². The summed E-state index contributed by atoms with van der Waals surface area (Å²) in [6.45, 7) is 3.25. The summed E-state index contributed by atoms with van der Waals surface area (Å²) in [6, 6.07) is 11.3. The van der Waals surface area contributed by atoms with Gasteiger partial charge in [-0.2, -0.15) is 11.8 Å². The molecule has 0 aliphatic carbocycles. The van der Waals surface area contributed by atoms with E-state index < -0.39 is 24.0 Å². The molecule has 2 bridgehead atoms. The van der Waals surface area contributed by atoms with E-state index in [1.54, 1.807) is 17.8 Å². The zero-order valence-corrected chi connectivity index (χ0v) is 23.1. The monoisotopic (exact) mass is 545 g/mol. The molecule has 208 valence electrons. The Kier molecular flexibility index (Phi) is 12.4. The average molecular weight is 546 g/mol. The number of ether oxygens (including phenoxy) is 1. The van der Waals surface area contributed by atoms with Gasteiger partial charge in [0.25, 0.3) is 0 Å². The van der Waals surface area contributed by atoms with E-state index in [0.29, 0.717) is 49.5 Å². The smallest absolute Gasteiger partial charge is 0.242 e. The Morgan fingerprint density at radius 1 is 1.16 bits per heavy atom. The van der Waals surface area contributed by atoms with E-state index >= 15 is 0 Å². The summed E-state index contributed by atoms with van der Waals surface area (Å²) in [4.78, 5) is 25.8. The second-order valence-electron chi connectivity index (χ2n) is 9.69. The molecule has 0 aromatic heterocycles. The zero-order chi connectivity index (χ0) is 27.3. The van der Waals surface area contributed by atoms with Gasteiger partial charge in [-0.15, -0.1) is 0 Å². The fourth-order valence-electron chi connectivity index (χ4n) is 4.46. The highest BCUT2D eigenvalue weighted by Gasteiger charge is 2.27. The number of aliphatic hydroxyl groups excluding tert-OH is 1. The second-order valence-corrected chi connectivity index (χ2v) is 10.7. The SMILES string of the molecule is CCc1cccc(CNCC(O)C2Cc3cc(F)cc(c3)OCCCCC(=O)NC(CCSC)C(=O)N2)c1. The standard InChI is InChI=1S/C29H40FN3O4S/c1-3-20-7-6-8-21(13-20)18-31-19-27(34)26-16-22-14-23(30)17-24(15-22)37-11-5-4-9-28(35)32-25(10-12-38-2)29(36)33-26/h6-8,13-15,17,25-27,31,34H,3-5,9-12,16,18-19H2,1-2H3,(H,32,35)(H,33,36). The van der Waals surface area contributed by atoms with Crippen LogP contribution in [0.15, 0.2) is 42.5 Å². The molecule has 4 N–H and O–H groups in total. The number of amides is 2. The molecule has 3 unspecified atom stereocenters. The average Bonchev–Trinajstić information content (AvgIpc) is 2.90. The molecule has 0 saturated heterocycles. The minimum atomic E-state index is -0.950. The minimum Gasteiger partial charge on any atom is -0.493 e. The van der Waals surface area contributed by atoms with Crippen molar-refractivity contribution in [2.45, 2.75) is 70.2 Å². The molecule has 3 atom stereocenters. The van der Waals surface area contributed by atoms with Gasteiger partial charge in [0.2, 0.25) is 11.8 Å². The number of benzene rings is 2. The summed E-state index contributed by atoms with van der Waals surface area (Å²) in [5, 5.41) is 20.2. The quantitative estimate of drug-likeness (QED) is 0.386.